The number of carbonyl (C=O) groups is 1. The highest BCUT2D eigenvalue weighted by atomic mass is 16.5. The molecule has 1 aliphatic rings. The van der Waals surface area contributed by atoms with Crippen molar-refractivity contribution in [3.8, 4) is 5.75 Å². The molecule has 1 N–H and O–H groups in total. The van der Waals surface area contributed by atoms with Gasteiger partial charge < -0.3 is 19.4 Å². The second-order valence-electron chi connectivity index (χ2n) is 7.93. The van der Waals surface area contributed by atoms with Crippen molar-refractivity contribution >= 4 is 16.9 Å². The summed E-state index contributed by atoms with van der Waals surface area (Å²) in [6.45, 7) is 6.54. The first-order chi connectivity index (χ1) is 14.6. The van der Waals surface area contributed by atoms with Gasteiger partial charge in [-0.3, -0.25) is 4.79 Å². The Morgan fingerprint density at radius 3 is 2.83 bits per heavy atom. The third-order valence-electron chi connectivity index (χ3n) is 5.49. The van der Waals surface area contributed by atoms with Crippen LogP contribution in [0.2, 0.25) is 0 Å². The Morgan fingerprint density at radius 2 is 2.03 bits per heavy atom. The second kappa shape index (κ2) is 9.30. The van der Waals surface area contributed by atoms with E-state index in [0.29, 0.717) is 32.2 Å². The highest BCUT2D eigenvalue weighted by Gasteiger charge is 2.23. The van der Waals surface area contributed by atoms with Gasteiger partial charge in [0.1, 0.15) is 24.3 Å². The molecule has 0 aliphatic carbocycles. The molecule has 6 nitrogen and oxygen atoms in total. The van der Waals surface area contributed by atoms with E-state index >= 15 is 0 Å². The van der Waals surface area contributed by atoms with Gasteiger partial charge in [-0.1, -0.05) is 44.2 Å². The molecular weight excluding hydrogens is 378 g/mol. The second-order valence-corrected chi connectivity index (χ2v) is 7.93. The van der Waals surface area contributed by atoms with E-state index in [4.69, 9.17) is 14.5 Å². The molecule has 0 saturated carbocycles. The summed E-state index contributed by atoms with van der Waals surface area (Å²) in [6, 6.07) is 16.2. The number of benzene rings is 2. The molecule has 1 saturated heterocycles. The molecule has 0 radical (unpaired) electrons. The van der Waals surface area contributed by atoms with Gasteiger partial charge in [0.15, 0.2) is 0 Å². The van der Waals surface area contributed by atoms with Crippen LogP contribution in [-0.2, 0) is 22.6 Å². The quantitative estimate of drug-likeness (QED) is 0.612. The summed E-state index contributed by atoms with van der Waals surface area (Å²) < 4.78 is 13.7. The summed E-state index contributed by atoms with van der Waals surface area (Å²) in [5.41, 5.74) is 3.16. The number of carbonyl (C=O) groups excluding carboxylic acids is 1. The van der Waals surface area contributed by atoms with Crippen LogP contribution in [0.15, 0.2) is 48.5 Å². The lowest BCUT2D eigenvalue weighted by Crippen LogP contribution is -2.34. The average Bonchev–Trinajstić information content (AvgIpc) is 3.41. The van der Waals surface area contributed by atoms with Crippen molar-refractivity contribution in [2.75, 3.05) is 13.2 Å². The minimum Gasteiger partial charge on any atom is -0.491 e. The third kappa shape index (κ3) is 4.49. The number of nitrogens with one attached hydrogen (secondary N) is 1. The summed E-state index contributed by atoms with van der Waals surface area (Å²) in [5.74, 6) is 2.08. The van der Waals surface area contributed by atoms with Gasteiger partial charge in [0.25, 0.3) is 0 Å². The first kappa shape index (κ1) is 20.4. The van der Waals surface area contributed by atoms with Crippen LogP contribution in [0.3, 0.4) is 0 Å². The predicted octanol–water partition coefficient (Wildman–Crippen LogP) is 4.03. The van der Waals surface area contributed by atoms with Crippen molar-refractivity contribution in [3.63, 3.8) is 0 Å². The molecule has 0 bridgehead atoms. The van der Waals surface area contributed by atoms with Crippen molar-refractivity contribution in [1.82, 2.24) is 14.9 Å². The normalized spacial score (nSPS) is 16.3. The van der Waals surface area contributed by atoms with E-state index in [1.807, 2.05) is 36.4 Å². The standard InChI is InChI=1S/C24H29N3O3/c1-17(2)18-8-3-6-11-21(18)30-15-13-27-20-10-5-4-9-19(20)26-23(27)16-25-24(28)22-12-7-14-29-22/h3-6,8-11,17,22H,7,12-16H2,1-2H3,(H,25,28). The number of ether oxygens (including phenoxy) is 2. The van der Waals surface area contributed by atoms with Gasteiger partial charge in [-0.25, -0.2) is 4.98 Å². The smallest absolute Gasteiger partial charge is 0.249 e. The summed E-state index contributed by atoms with van der Waals surface area (Å²) in [5, 5.41) is 2.99. The SMILES string of the molecule is CC(C)c1ccccc1OCCn1c(CNC(=O)C2CCCO2)nc2ccccc21. The molecule has 2 heterocycles. The molecule has 1 aliphatic heterocycles. The molecule has 30 heavy (non-hydrogen) atoms. The zero-order valence-corrected chi connectivity index (χ0v) is 17.6. The van der Waals surface area contributed by atoms with Crippen molar-refractivity contribution in [3.05, 3.63) is 59.9 Å². The lowest BCUT2D eigenvalue weighted by atomic mass is 10.0. The molecule has 4 rings (SSSR count). The third-order valence-corrected chi connectivity index (χ3v) is 5.49. The van der Waals surface area contributed by atoms with Gasteiger partial charge in [0, 0.05) is 6.61 Å². The Bertz CT molecular complexity index is 1010. The number of aromatic nitrogens is 2. The number of nitrogens with zero attached hydrogens (tertiary/aromatic N) is 2. The first-order valence-corrected chi connectivity index (χ1v) is 10.7. The van der Waals surface area contributed by atoms with Gasteiger partial charge in [-0.05, 0) is 42.5 Å². The number of amides is 1. The highest BCUT2D eigenvalue weighted by molar-refractivity contribution is 5.81. The van der Waals surface area contributed by atoms with E-state index in [1.165, 1.54) is 5.56 Å². The molecule has 1 aromatic heterocycles. The van der Waals surface area contributed by atoms with Crippen LogP contribution in [0.4, 0.5) is 0 Å². The average molecular weight is 408 g/mol. The molecule has 158 valence electrons. The minimum atomic E-state index is -0.335. The molecule has 0 spiro atoms. The fraction of sp³-hybridized carbons (Fsp3) is 0.417. The Morgan fingerprint density at radius 1 is 1.23 bits per heavy atom. The summed E-state index contributed by atoms with van der Waals surface area (Å²) >= 11 is 0. The fourth-order valence-corrected chi connectivity index (χ4v) is 3.91. The minimum absolute atomic E-state index is 0.0618. The highest BCUT2D eigenvalue weighted by Crippen LogP contribution is 2.26. The summed E-state index contributed by atoms with van der Waals surface area (Å²) in [7, 11) is 0. The van der Waals surface area contributed by atoms with E-state index in [-0.39, 0.29) is 12.0 Å². The van der Waals surface area contributed by atoms with Crippen LogP contribution in [-0.4, -0.2) is 34.8 Å². The number of hydrogen-bond acceptors (Lipinski definition) is 4. The van der Waals surface area contributed by atoms with Gasteiger partial charge in [-0.15, -0.1) is 0 Å². The van der Waals surface area contributed by atoms with Crippen LogP contribution in [0.5, 0.6) is 5.75 Å². The van der Waals surface area contributed by atoms with Crippen molar-refractivity contribution in [2.24, 2.45) is 0 Å². The largest absolute Gasteiger partial charge is 0.491 e. The van der Waals surface area contributed by atoms with E-state index in [1.54, 1.807) is 0 Å². The van der Waals surface area contributed by atoms with Crippen LogP contribution in [0.25, 0.3) is 11.0 Å². The summed E-state index contributed by atoms with van der Waals surface area (Å²) in [6.07, 6.45) is 1.38. The van der Waals surface area contributed by atoms with Crippen LogP contribution < -0.4 is 10.1 Å². The Kier molecular flexibility index (Phi) is 6.33. The summed E-state index contributed by atoms with van der Waals surface area (Å²) in [4.78, 5) is 17.1. The number of para-hydroxylation sites is 3. The molecule has 3 aromatic rings. The topological polar surface area (TPSA) is 65.4 Å². The maximum atomic E-state index is 12.3. The van der Waals surface area contributed by atoms with Gasteiger partial charge >= 0.3 is 0 Å². The molecule has 1 fully saturated rings. The number of rotatable bonds is 8. The monoisotopic (exact) mass is 407 g/mol. The zero-order valence-electron chi connectivity index (χ0n) is 17.6. The zero-order chi connectivity index (χ0) is 20.9. The van der Waals surface area contributed by atoms with E-state index < -0.39 is 0 Å². The predicted molar refractivity (Wildman–Crippen MR) is 117 cm³/mol. The number of imidazole rings is 1. The lowest BCUT2D eigenvalue weighted by molar-refractivity contribution is -0.130. The molecular formula is C24H29N3O3. The van der Waals surface area contributed by atoms with Gasteiger partial charge in [-0.2, -0.15) is 0 Å². The van der Waals surface area contributed by atoms with E-state index in [2.05, 4.69) is 35.9 Å². The molecule has 6 heteroatoms. The van der Waals surface area contributed by atoms with Gasteiger partial charge in [0.2, 0.25) is 5.91 Å². The number of hydrogen-bond donors (Lipinski definition) is 1. The van der Waals surface area contributed by atoms with Crippen molar-refractivity contribution < 1.29 is 14.3 Å². The number of fused-ring (bicyclic) bond motifs is 1. The maximum Gasteiger partial charge on any atom is 0.249 e. The Hall–Kier alpha value is -2.86. The van der Waals surface area contributed by atoms with E-state index in [0.717, 1.165) is 35.4 Å². The van der Waals surface area contributed by atoms with Crippen LogP contribution in [0, 0.1) is 0 Å². The van der Waals surface area contributed by atoms with Gasteiger partial charge in [0.05, 0.1) is 24.1 Å². The molecule has 1 atom stereocenters. The van der Waals surface area contributed by atoms with Crippen molar-refractivity contribution in [1.29, 1.82) is 0 Å². The van der Waals surface area contributed by atoms with Crippen LogP contribution >= 0.6 is 0 Å². The lowest BCUT2D eigenvalue weighted by Gasteiger charge is -2.15. The van der Waals surface area contributed by atoms with Crippen molar-refractivity contribution in [2.45, 2.75) is 51.8 Å². The Labute approximate surface area is 177 Å². The molecule has 1 amide bonds. The van der Waals surface area contributed by atoms with Crippen LogP contribution in [0.1, 0.15) is 44.0 Å². The maximum absolute atomic E-state index is 12.3. The molecule has 2 aromatic carbocycles. The first-order valence-electron chi connectivity index (χ1n) is 10.7. The van der Waals surface area contributed by atoms with E-state index in [9.17, 15) is 4.79 Å². The Balaban J connectivity index is 1.47. The molecule has 1 unspecified atom stereocenters. The fourth-order valence-electron chi connectivity index (χ4n) is 3.91.